The Kier molecular flexibility index (Phi) is 3.96. The lowest BCUT2D eigenvalue weighted by atomic mass is 10.0. The van der Waals surface area contributed by atoms with E-state index in [9.17, 15) is 27.6 Å². The number of carbonyl (C=O) groups excluding carboxylic acids is 3. The monoisotopic (exact) mass is 360 g/mol. The van der Waals surface area contributed by atoms with Gasteiger partial charge in [-0.05, 0) is 30.3 Å². The van der Waals surface area contributed by atoms with Gasteiger partial charge in [-0.1, -0.05) is 17.2 Å². The topological polar surface area (TPSA) is 87.5 Å². The molecule has 6 nitrogen and oxygen atoms in total. The number of nitrogens with zero attached hydrogens (tertiary/aromatic N) is 2. The van der Waals surface area contributed by atoms with Gasteiger partial charge in [-0.15, -0.1) is 0 Å². The number of hydrogen-bond acceptors (Lipinski definition) is 5. The van der Waals surface area contributed by atoms with Gasteiger partial charge in [0.15, 0.2) is 0 Å². The summed E-state index contributed by atoms with van der Waals surface area (Å²) in [6.45, 7) is 0. The summed E-state index contributed by atoms with van der Waals surface area (Å²) in [5, 5.41) is 9.21. The van der Waals surface area contributed by atoms with E-state index in [1.165, 1.54) is 30.3 Å². The molecule has 0 N–H and O–H groups in total. The van der Waals surface area contributed by atoms with Gasteiger partial charge in [-0.3, -0.25) is 9.59 Å². The van der Waals surface area contributed by atoms with Crippen LogP contribution in [-0.2, 0) is 11.0 Å². The molecule has 0 aliphatic carbocycles. The van der Waals surface area contributed by atoms with Gasteiger partial charge < -0.3 is 4.84 Å². The Balaban J connectivity index is 1.89. The summed E-state index contributed by atoms with van der Waals surface area (Å²) in [6, 6.07) is 9.05. The fourth-order valence-electron chi connectivity index (χ4n) is 2.37. The van der Waals surface area contributed by atoms with Crippen LogP contribution in [0.2, 0.25) is 0 Å². The Morgan fingerprint density at radius 3 is 2.12 bits per heavy atom. The van der Waals surface area contributed by atoms with Crippen LogP contribution in [0, 0.1) is 11.3 Å². The molecule has 9 heteroatoms. The van der Waals surface area contributed by atoms with Crippen LogP contribution in [0.3, 0.4) is 0 Å². The molecule has 1 heterocycles. The van der Waals surface area contributed by atoms with Crippen molar-refractivity contribution in [2.45, 2.75) is 6.18 Å². The van der Waals surface area contributed by atoms with E-state index in [-0.39, 0.29) is 16.2 Å². The van der Waals surface area contributed by atoms with Crippen molar-refractivity contribution in [1.82, 2.24) is 5.06 Å². The minimum absolute atomic E-state index is 0.0261. The van der Waals surface area contributed by atoms with Crippen LogP contribution >= 0.6 is 0 Å². The van der Waals surface area contributed by atoms with E-state index in [1.54, 1.807) is 0 Å². The highest BCUT2D eigenvalue weighted by Gasteiger charge is 2.39. The van der Waals surface area contributed by atoms with Gasteiger partial charge in [0, 0.05) is 0 Å². The third-order valence-electron chi connectivity index (χ3n) is 3.62. The number of hydrogen-bond donors (Lipinski definition) is 0. The summed E-state index contributed by atoms with van der Waals surface area (Å²) in [5.74, 6) is -3.07. The van der Waals surface area contributed by atoms with Gasteiger partial charge in [0.05, 0.1) is 27.8 Å². The summed E-state index contributed by atoms with van der Waals surface area (Å²) in [6.07, 6.45) is -4.70. The van der Waals surface area contributed by atoms with Gasteiger partial charge in [0.1, 0.15) is 6.07 Å². The molecule has 2 aromatic carbocycles. The lowest BCUT2D eigenvalue weighted by Gasteiger charge is -2.14. The molecule has 0 fully saturated rings. The highest BCUT2D eigenvalue weighted by Crippen LogP contribution is 2.31. The van der Waals surface area contributed by atoms with E-state index in [0.717, 1.165) is 6.07 Å². The molecule has 1 aliphatic rings. The number of imide groups is 1. The Morgan fingerprint density at radius 2 is 1.62 bits per heavy atom. The number of carbonyl (C=O) groups is 3. The summed E-state index contributed by atoms with van der Waals surface area (Å²) in [4.78, 5) is 41.2. The van der Waals surface area contributed by atoms with Crippen LogP contribution in [0.25, 0.3) is 0 Å². The molecule has 26 heavy (non-hydrogen) atoms. The standard InChI is InChI=1S/C17H7F3N2O4/c18-17(19,20)10-5-6-11(9(7-10)8-21)16(25)26-22-14(23)12-3-1-2-4-13(12)15(22)24/h1-7H. The Hall–Kier alpha value is -3.67. The molecule has 0 saturated carbocycles. The van der Waals surface area contributed by atoms with Crippen LogP contribution in [0.15, 0.2) is 42.5 Å². The molecule has 0 radical (unpaired) electrons. The van der Waals surface area contributed by atoms with Crippen molar-refractivity contribution in [1.29, 1.82) is 5.26 Å². The van der Waals surface area contributed by atoms with E-state index >= 15 is 0 Å². The van der Waals surface area contributed by atoms with Crippen molar-refractivity contribution in [3.8, 4) is 6.07 Å². The number of hydroxylamine groups is 2. The Labute approximate surface area is 144 Å². The summed E-state index contributed by atoms with van der Waals surface area (Å²) < 4.78 is 38.1. The SMILES string of the molecule is N#Cc1cc(C(F)(F)F)ccc1C(=O)ON1C(=O)c2ccccc2C1=O. The molecule has 0 unspecified atom stereocenters. The lowest BCUT2D eigenvalue weighted by Crippen LogP contribution is -2.33. The van der Waals surface area contributed by atoms with Crippen molar-refractivity contribution >= 4 is 17.8 Å². The normalized spacial score (nSPS) is 13.4. The van der Waals surface area contributed by atoms with Crippen molar-refractivity contribution in [3.05, 3.63) is 70.3 Å². The first-order valence-corrected chi connectivity index (χ1v) is 7.05. The summed E-state index contributed by atoms with van der Waals surface area (Å²) in [5.41, 5.74) is -2.17. The molecule has 2 amide bonds. The van der Waals surface area contributed by atoms with Gasteiger partial charge in [-0.2, -0.15) is 18.4 Å². The van der Waals surface area contributed by atoms with E-state index in [0.29, 0.717) is 12.1 Å². The van der Waals surface area contributed by atoms with Gasteiger partial charge in [-0.25, -0.2) is 4.79 Å². The van der Waals surface area contributed by atoms with Crippen LogP contribution in [0.4, 0.5) is 13.2 Å². The van der Waals surface area contributed by atoms with Gasteiger partial charge >= 0.3 is 12.1 Å². The molecule has 1 aliphatic heterocycles. The summed E-state index contributed by atoms with van der Waals surface area (Å²) in [7, 11) is 0. The fraction of sp³-hybridized carbons (Fsp3) is 0.0588. The Bertz CT molecular complexity index is 957. The maximum Gasteiger partial charge on any atom is 0.416 e. The predicted octanol–water partition coefficient (Wildman–Crippen LogP) is 2.95. The highest BCUT2D eigenvalue weighted by atomic mass is 19.4. The molecule has 0 saturated heterocycles. The molecular weight excluding hydrogens is 353 g/mol. The van der Waals surface area contributed by atoms with E-state index in [4.69, 9.17) is 10.1 Å². The quantitative estimate of drug-likeness (QED) is 0.769. The second kappa shape index (κ2) is 6.00. The molecule has 130 valence electrons. The van der Waals surface area contributed by atoms with E-state index in [1.807, 2.05) is 0 Å². The summed E-state index contributed by atoms with van der Waals surface area (Å²) >= 11 is 0. The number of benzene rings is 2. The highest BCUT2D eigenvalue weighted by molar-refractivity contribution is 6.21. The average molecular weight is 360 g/mol. The lowest BCUT2D eigenvalue weighted by molar-refractivity contribution is -0.137. The molecule has 0 aromatic heterocycles. The first kappa shape index (κ1) is 17.2. The second-order valence-electron chi connectivity index (χ2n) is 5.20. The van der Waals surface area contributed by atoms with Crippen molar-refractivity contribution < 1.29 is 32.4 Å². The number of amides is 2. The van der Waals surface area contributed by atoms with E-state index < -0.39 is 40.7 Å². The van der Waals surface area contributed by atoms with Gasteiger partial charge in [0.25, 0.3) is 11.8 Å². The number of halogens is 3. The maximum absolute atomic E-state index is 12.7. The molecule has 0 bridgehead atoms. The zero-order valence-corrected chi connectivity index (χ0v) is 12.7. The first-order chi connectivity index (χ1) is 12.2. The van der Waals surface area contributed by atoms with Crippen LogP contribution < -0.4 is 0 Å². The molecule has 0 atom stereocenters. The average Bonchev–Trinajstić information content (AvgIpc) is 2.85. The second-order valence-corrected chi connectivity index (χ2v) is 5.20. The number of nitriles is 1. The largest absolute Gasteiger partial charge is 0.416 e. The number of alkyl halides is 3. The predicted molar refractivity (Wildman–Crippen MR) is 78.5 cm³/mol. The molecule has 2 aromatic rings. The van der Waals surface area contributed by atoms with Crippen LogP contribution in [0.5, 0.6) is 0 Å². The first-order valence-electron chi connectivity index (χ1n) is 7.05. The maximum atomic E-state index is 12.7. The molecular formula is C17H7F3N2O4. The van der Waals surface area contributed by atoms with Gasteiger partial charge in [0.2, 0.25) is 0 Å². The van der Waals surface area contributed by atoms with Crippen molar-refractivity contribution in [2.24, 2.45) is 0 Å². The number of rotatable bonds is 2. The fourth-order valence-corrected chi connectivity index (χ4v) is 2.37. The van der Waals surface area contributed by atoms with Crippen LogP contribution in [-0.4, -0.2) is 22.8 Å². The minimum atomic E-state index is -4.70. The number of fused-ring (bicyclic) bond motifs is 1. The molecule has 3 rings (SSSR count). The molecule has 0 spiro atoms. The third kappa shape index (κ3) is 2.77. The minimum Gasteiger partial charge on any atom is -0.324 e. The zero-order valence-electron chi connectivity index (χ0n) is 12.7. The third-order valence-corrected chi connectivity index (χ3v) is 3.62. The van der Waals surface area contributed by atoms with Crippen LogP contribution in [0.1, 0.15) is 42.2 Å². The Morgan fingerprint density at radius 1 is 1.04 bits per heavy atom. The zero-order chi connectivity index (χ0) is 19.1. The van der Waals surface area contributed by atoms with Crippen molar-refractivity contribution in [2.75, 3.05) is 0 Å². The van der Waals surface area contributed by atoms with Crippen molar-refractivity contribution in [3.63, 3.8) is 0 Å². The van der Waals surface area contributed by atoms with E-state index in [2.05, 4.69) is 0 Å². The smallest absolute Gasteiger partial charge is 0.324 e.